The number of urea groups is 1. The van der Waals surface area contributed by atoms with Crippen LogP contribution in [0.25, 0.3) is 0 Å². The molecule has 3 aromatic rings. The van der Waals surface area contributed by atoms with Gasteiger partial charge in [-0.1, -0.05) is 56.3 Å². The van der Waals surface area contributed by atoms with Crippen LogP contribution in [-0.4, -0.2) is 68.8 Å². The van der Waals surface area contributed by atoms with Crippen LogP contribution in [0.4, 0.5) is 16.2 Å². The largest absolute Gasteiger partial charge is 0.497 e. The zero-order valence-corrected chi connectivity index (χ0v) is 22.8. The molecule has 2 aliphatic rings. The van der Waals surface area contributed by atoms with Crippen LogP contribution in [0.1, 0.15) is 36.8 Å². The van der Waals surface area contributed by atoms with Gasteiger partial charge in [-0.3, -0.25) is 4.90 Å². The maximum Gasteiger partial charge on any atom is 0.321 e. The van der Waals surface area contributed by atoms with Gasteiger partial charge in [-0.25, -0.2) is 4.79 Å². The summed E-state index contributed by atoms with van der Waals surface area (Å²) in [5, 5.41) is 3.13. The smallest absolute Gasteiger partial charge is 0.321 e. The van der Waals surface area contributed by atoms with Crippen molar-refractivity contribution in [2.75, 3.05) is 63.1 Å². The Hall–Kier alpha value is -3.51. The second-order valence-corrected chi connectivity index (χ2v) is 10.9. The minimum atomic E-state index is -0.0217. The lowest BCUT2D eigenvalue weighted by Gasteiger charge is -2.37. The molecular formula is C32H40N4O2. The molecule has 200 valence electrons. The molecule has 2 unspecified atom stereocenters. The van der Waals surface area contributed by atoms with E-state index in [-0.39, 0.29) is 11.9 Å². The molecule has 6 nitrogen and oxygen atoms in total. The quantitative estimate of drug-likeness (QED) is 0.429. The van der Waals surface area contributed by atoms with E-state index in [0.717, 1.165) is 50.7 Å². The van der Waals surface area contributed by atoms with Crippen molar-refractivity contribution < 1.29 is 9.53 Å². The second-order valence-electron chi connectivity index (χ2n) is 10.9. The van der Waals surface area contributed by atoms with Gasteiger partial charge in [-0.2, -0.15) is 0 Å². The summed E-state index contributed by atoms with van der Waals surface area (Å²) in [7, 11) is 1.71. The molecule has 2 amide bonds. The fourth-order valence-electron chi connectivity index (χ4n) is 5.78. The lowest BCUT2D eigenvalue weighted by Crippen LogP contribution is -2.48. The zero-order valence-electron chi connectivity index (χ0n) is 22.8. The molecule has 0 aliphatic carbocycles. The molecule has 5 rings (SSSR count). The van der Waals surface area contributed by atoms with Crippen molar-refractivity contribution in [1.82, 2.24) is 9.80 Å². The number of methoxy groups -OCH3 is 1. The van der Waals surface area contributed by atoms with Crippen LogP contribution in [0.15, 0.2) is 78.9 Å². The molecule has 1 N–H and O–H groups in total. The Bertz CT molecular complexity index is 1190. The number of amides is 2. The normalized spacial score (nSPS) is 20.1. The van der Waals surface area contributed by atoms with Gasteiger partial charge in [-0.15, -0.1) is 0 Å². The molecule has 0 spiro atoms. The summed E-state index contributed by atoms with van der Waals surface area (Å²) in [6.45, 7) is 10.9. The lowest BCUT2D eigenvalue weighted by atomic mass is 9.88. The average molecular weight is 513 g/mol. The second kappa shape index (κ2) is 11.9. The predicted molar refractivity (Wildman–Crippen MR) is 155 cm³/mol. The highest BCUT2D eigenvalue weighted by Gasteiger charge is 2.37. The fraction of sp³-hybridized carbons (Fsp3) is 0.406. The molecular weight excluding hydrogens is 472 g/mol. The van der Waals surface area contributed by atoms with E-state index in [0.29, 0.717) is 18.4 Å². The highest BCUT2D eigenvalue weighted by Crippen LogP contribution is 2.35. The molecule has 2 fully saturated rings. The molecule has 0 saturated carbocycles. The third-order valence-electron chi connectivity index (χ3n) is 8.07. The number of ether oxygens (including phenoxy) is 1. The Balaban J connectivity index is 1.26. The van der Waals surface area contributed by atoms with E-state index in [1.54, 1.807) is 7.11 Å². The van der Waals surface area contributed by atoms with E-state index < -0.39 is 0 Å². The molecule has 3 aromatic carbocycles. The summed E-state index contributed by atoms with van der Waals surface area (Å²) >= 11 is 0. The standard InChI is InChI=1S/C32H40N4O2/c1-24(2)25-12-14-28(15-13-25)33-32(37)36-22-27(31(23-36)26-8-7-11-30(20-26)38-3)21-34-16-18-35(19-17-34)29-9-5-4-6-10-29/h4-15,20,24,27,31H,16-19,21-23H2,1-3H3,(H,33,37). The van der Waals surface area contributed by atoms with Crippen LogP contribution in [0.2, 0.25) is 0 Å². The van der Waals surface area contributed by atoms with Crippen LogP contribution >= 0.6 is 0 Å². The number of benzene rings is 3. The number of para-hydroxylation sites is 1. The first-order valence-corrected chi connectivity index (χ1v) is 13.8. The topological polar surface area (TPSA) is 48.1 Å². The van der Waals surface area contributed by atoms with Crippen molar-refractivity contribution in [3.05, 3.63) is 90.0 Å². The van der Waals surface area contributed by atoms with Crippen molar-refractivity contribution in [1.29, 1.82) is 0 Å². The molecule has 0 radical (unpaired) electrons. The first kappa shape index (κ1) is 26.1. The Morgan fingerprint density at radius 3 is 2.34 bits per heavy atom. The Labute approximate surface area is 227 Å². The minimum Gasteiger partial charge on any atom is -0.497 e. The SMILES string of the molecule is COc1cccc(C2CN(C(=O)Nc3ccc(C(C)C)cc3)CC2CN2CCN(c3ccccc3)CC2)c1. The monoisotopic (exact) mass is 512 g/mol. The maximum absolute atomic E-state index is 13.3. The van der Waals surface area contributed by atoms with Gasteiger partial charge >= 0.3 is 6.03 Å². The van der Waals surface area contributed by atoms with Gasteiger partial charge in [0.2, 0.25) is 0 Å². The van der Waals surface area contributed by atoms with Crippen molar-refractivity contribution in [2.45, 2.75) is 25.7 Å². The molecule has 0 aromatic heterocycles. The molecule has 2 aliphatic heterocycles. The van der Waals surface area contributed by atoms with Crippen molar-refractivity contribution in [2.24, 2.45) is 5.92 Å². The number of nitrogens with one attached hydrogen (secondary N) is 1. The minimum absolute atomic E-state index is 0.0217. The summed E-state index contributed by atoms with van der Waals surface area (Å²) in [6, 6.07) is 27.2. The number of likely N-dealkylation sites (tertiary alicyclic amines) is 1. The number of hydrogen-bond donors (Lipinski definition) is 1. The number of hydrogen-bond acceptors (Lipinski definition) is 4. The summed E-state index contributed by atoms with van der Waals surface area (Å²) in [4.78, 5) is 20.4. The Morgan fingerprint density at radius 2 is 1.66 bits per heavy atom. The van der Waals surface area contributed by atoms with Gasteiger partial charge in [0, 0.05) is 63.1 Å². The highest BCUT2D eigenvalue weighted by molar-refractivity contribution is 5.89. The van der Waals surface area contributed by atoms with Gasteiger partial charge in [0.25, 0.3) is 0 Å². The first-order chi connectivity index (χ1) is 18.5. The summed E-state index contributed by atoms with van der Waals surface area (Å²) in [5.41, 5.74) is 4.66. The molecule has 0 bridgehead atoms. The summed E-state index contributed by atoms with van der Waals surface area (Å²) in [5.74, 6) is 1.97. The fourth-order valence-corrected chi connectivity index (χ4v) is 5.78. The van der Waals surface area contributed by atoms with Gasteiger partial charge < -0.3 is 19.9 Å². The molecule has 38 heavy (non-hydrogen) atoms. The van der Waals surface area contributed by atoms with E-state index >= 15 is 0 Å². The number of rotatable bonds is 7. The van der Waals surface area contributed by atoms with Crippen LogP contribution < -0.4 is 15.0 Å². The Morgan fingerprint density at radius 1 is 0.921 bits per heavy atom. The van der Waals surface area contributed by atoms with E-state index in [9.17, 15) is 4.79 Å². The molecule has 2 atom stereocenters. The lowest BCUT2D eigenvalue weighted by molar-refractivity contribution is 0.205. The van der Waals surface area contributed by atoms with Gasteiger partial charge in [0.15, 0.2) is 0 Å². The zero-order chi connectivity index (χ0) is 26.5. The first-order valence-electron chi connectivity index (χ1n) is 13.8. The van der Waals surface area contributed by atoms with Crippen molar-refractivity contribution in [3.63, 3.8) is 0 Å². The average Bonchev–Trinajstić information content (AvgIpc) is 3.38. The van der Waals surface area contributed by atoms with Crippen molar-refractivity contribution >= 4 is 17.4 Å². The van der Waals surface area contributed by atoms with Crippen LogP contribution in [0.5, 0.6) is 5.75 Å². The number of piperazine rings is 1. The van der Waals surface area contributed by atoms with Crippen LogP contribution in [-0.2, 0) is 0 Å². The molecule has 2 saturated heterocycles. The van der Waals surface area contributed by atoms with E-state index in [2.05, 4.69) is 89.6 Å². The van der Waals surface area contributed by atoms with Crippen molar-refractivity contribution in [3.8, 4) is 5.75 Å². The number of nitrogens with zero attached hydrogens (tertiary/aromatic N) is 3. The number of anilines is 2. The number of carbonyl (C=O) groups excluding carboxylic acids is 1. The Kier molecular flexibility index (Phi) is 8.18. The van der Waals surface area contributed by atoms with Crippen LogP contribution in [0.3, 0.4) is 0 Å². The third-order valence-corrected chi connectivity index (χ3v) is 8.07. The van der Waals surface area contributed by atoms with Gasteiger partial charge in [0.1, 0.15) is 5.75 Å². The van der Waals surface area contributed by atoms with E-state index in [1.165, 1.54) is 16.8 Å². The van der Waals surface area contributed by atoms with E-state index in [4.69, 9.17) is 4.74 Å². The summed E-state index contributed by atoms with van der Waals surface area (Å²) in [6.07, 6.45) is 0. The highest BCUT2D eigenvalue weighted by atomic mass is 16.5. The third kappa shape index (κ3) is 6.13. The number of carbonyl (C=O) groups is 1. The molecule has 2 heterocycles. The van der Waals surface area contributed by atoms with Crippen LogP contribution in [0, 0.1) is 5.92 Å². The van der Waals surface area contributed by atoms with Gasteiger partial charge in [0.05, 0.1) is 7.11 Å². The summed E-state index contributed by atoms with van der Waals surface area (Å²) < 4.78 is 5.52. The van der Waals surface area contributed by atoms with Gasteiger partial charge in [-0.05, 0) is 59.4 Å². The van der Waals surface area contributed by atoms with E-state index in [1.807, 2.05) is 23.1 Å². The maximum atomic E-state index is 13.3. The molecule has 6 heteroatoms. The predicted octanol–water partition coefficient (Wildman–Crippen LogP) is 5.89.